The van der Waals surface area contributed by atoms with Crippen molar-refractivity contribution in [1.82, 2.24) is 4.90 Å². The molecule has 0 N–H and O–H groups in total. The van der Waals surface area contributed by atoms with Gasteiger partial charge in [-0.15, -0.1) is 0 Å². The van der Waals surface area contributed by atoms with E-state index in [0.717, 1.165) is 49.2 Å². The van der Waals surface area contributed by atoms with Crippen molar-refractivity contribution in [1.29, 1.82) is 0 Å². The third-order valence-corrected chi connectivity index (χ3v) is 5.90. The second kappa shape index (κ2) is 10.6. The second-order valence-electron chi connectivity index (χ2n) is 8.48. The molecule has 1 atom stereocenters. The fourth-order valence-corrected chi connectivity index (χ4v) is 4.23. The first-order chi connectivity index (χ1) is 14.9. The molecule has 0 bridgehead atoms. The maximum absolute atomic E-state index is 14.1. The molecule has 1 heterocycles. The summed E-state index contributed by atoms with van der Waals surface area (Å²) in [6, 6.07) is 11.0. The third-order valence-electron chi connectivity index (χ3n) is 5.90. The molecule has 0 fully saturated rings. The molecule has 0 radical (unpaired) electrons. The molecular weight excluding hydrogens is 389 g/mol. The number of nitrogens with zero attached hydrogens (tertiary/aromatic N) is 1. The van der Waals surface area contributed by atoms with Crippen molar-refractivity contribution in [3.8, 4) is 11.5 Å². The zero-order valence-corrected chi connectivity index (χ0v) is 19.4. The lowest BCUT2D eigenvalue weighted by molar-refractivity contribution is 0.234. The molecule has 0 unspecified atom stereocenters. The Morgan fingerprint density at radius 1 is 1.06 bits per heavy atom. The molecule has 0 aliphatic carbocycles. The zero-order chi connectivity index (χ0) is 22.4. The smallest absolute Gasteiger partial charge is 0.161 e. The van der Waals surface area contributed by atoms with Crippen LogP contribution in [0.15, 0.2) is 59.7 Å². The highest BCUT2D eigenvalue weighted by Gasteiger charge is 2.30. The van der Waals surface area contributed by atoms with Crippen LogP contribution in [0.5, 0.6) is 11.5 Å². The number of ether oxygens (including phenoxy) is 2. The van der Waals surface area contributed by atoms with Gasteiger partial charge in [-0.1, -0.05) is 35.4 Å². The number of allylic oxidation sites excluding steroid dienone is 3. The van der Waals surface area contributed by atoms with Gasteiger partial charge in [-0.2, -0.15) is 0 Å². The summed E-state index contributed by atoms with van der Waals surface area (Å²) in [4.78, 5) is 2.42. The molecule has 2 aromatic carbocycles. The molecule has 0 saturated carbocycles. The van der Waals surface area contributed by atoms with Crippen LogP contribution < -0.4 is 9.47 Å². The Morgan fingerprint density at radius 2 is 1.81 bits per heavy atom. The summed E-state index contributed by atoms with van der Waals surface area (Å²) in [5.41, 5.74) is 6.09. The van der Waals surface area contributed by atoms with E-state index in [2.05, 4.69) is 50.0 Å². The molecule has 3 rings (SSSR count). The van der Waals surface area contributed by atoms with Crippen molar-refractivity contribution in [3.05, 3.63) is 82.2 Å². The van der Waals surface area contributed by atoms with Gasteiger partial charge in [-0.3, -0.25) is 4.90 Å². The fraction of sp³-hybridized carbons (Fsp3) is 0.407. The topological polar surface area (TPSA) is 21.7 Å². The lowest BCUT2D eigenvalue weighted by Crippen LogP contribution is -2.36. The van der Waals surface area contributed by atoms with Crippen molar-refractivity contribution in [3.63, 3.8) is 0 Å². The molecule has 3 nitrogen and oxygen atoms in total. The minimum absolute atomic E-state index is 0.0268. The lowest BCUT2D eigenvalue weighted by atomic mass is 9.87. The molecular formula is C27H34FNO2. The largest absolute Gasteiger partial charge is 0.493 e. The van der Waals surface area contributed by atoms with Crippen LogP contribution in [-0.2, 0) is 6.42 Å². The van der Waals surface area contributed by atoms with Crippen LogP contribution in [0.1, 0.15) is 56.3 Å². The third kappa shape index (κ3) is 5.76. The van der Waals surface area contributed by atoms with E-state index in [1.807, 2.05) is 6.07 Å². The van der Waals surface area contributed by atoms with Crippen LogP contribution >= 0.6 is 0 Å². The molecule has 0 saturated heterocycles. The quantitative estimate of drug-likeness (QED) is 0.453. The molecule has 2 aromatic rings. The molecule has 1 aliphatic heterocycles. The van der Waals surface area contributed by atoms with Gasteiger partial charge in [-0.05, 0) is 81.0 Å². The fourth-order valence-electron chi connectivity index (χ4n) is 4.23. The summed E-state index contributed by atoms with van der Waals surface area (Å²) in [6.45, 7) is 8.20. The van der Waals surface area contributed by atoms with Gasteiger partial charge >= 0.3 is 0 Å². The van der Waals surface area contributed by atoms with Crippen molar-refractivity contribution in [2.45, 2.75) is 46.1 Å². The van der Waals surface area contributed by atoms with Gasteiger partial charge in [0.1, 0.15) is 5.82 Å². The second-order valence-corrected chi connectivity index (χ2v) is 8.48. The molecule has 166 valence electrons. The van der Waals surface area contributed by atoms with Gasteiger partial charge in [0.15, 0.2) is 11.5 Å². The lowest BCUT2D eigenvalue weighted by Gasteiger charge is -2.37. The molecule has 0 amide bonds. The first kappa shape index (κ1) is 23.1. The Balaban J connectivity index is 1.94. The SMILES string of the molecule is COc1cc2c(cc1OC)[C@H](c1cccc(F)c1)N(CC=C(C)CCC=C(C)C)CC2. The number of hydrogen-bond donors (Lipinski definition) is 0. The summed E-state index contributed by atoms with van der Waals surface area (Å²) in [5.74, 6) is 1.24. The van der Waals surface area contributed by atoms with Crippen LogP contribution in [0, 0.1) is 5.82 Å². The number of benzene rings is 2. The first-order valence-electron chi connectivity index (χ1n) is 11.0. The molecule has 0 spiro atoms. The molecule has 4 heteroatoms. The van der Waals surface area contributed by atoms with Crippen LogP contribution in [0.4, 0.5) is 4.39 Å². The van der Waals surface area contributed by atoms with E-state index in [9.17, 15) is 4.39 Å². The van der Waals surface area contributed by atoms with E-state index in [4.69, 9.17) is 9.47 Å². The van der Waals surface area contributed by atoms with Crippen LogP contribution in [-0.4, -0.2) is 32.2 Å². The van der Waals surface area contributed by atoms with Gasteiger partial charge in [0.05, 0.1) is 20.3 Å². The molecule has 1 aliphatic rings. The Hall–Kier alpha value is -2.59. The van der Waals surface area contributed by atoms with E-state index < -0.39 is 0 Å². The maximum Gasteiger partial charge on any atom is 0.161 e. The van der Waals surface area contributed by atoms with E-state index in [1.165, 1.54) is 22.8 Å². The van der Waals surface area contributed by atoms with Gasteiger partial charge in [-0.25, -0.2) is 4.39 Å². The molecule has 0 aromatic heterocycles. The highest BCUT2D eigenvalue weighted by atomic mass is 19.1. The normalized spacial score (nSPS) is 16.6. The van der Waals surface area contributed by atoms with Gasteiger partial charge in [0.2, 0.25) is 0 Å². The zero-order valence-electron chi connectivity index (χ0n) is 19.4. The van der Waals surface area contributed by atoms with Crippen LogP contribution in [0.3, 0.4) is 0 Å². The van der Waals surface area contributed by atoms with Crippen molar-refractivity contribution >= 4 is 0 Å². The minimum Gasteiger partial charge on any atom is -0.493 e. The van der Waals surface area contributed by atoms with Crippen molar-refractivity contribution in [2.75, 3.05) is 27.3 Å². The Kier molecular flexibility index (Phi) is 7.91. The molecule has 31 heavy (non-hydrogen) atoms. The summed E-state index contributed by atoms with van der Waals surface area (Å²) >= 11 is 0. The average Bonchev–Trinajstić information content (AvgIpc) is 2.75. The summed E-state index contributed by atoms with van der Waals surface area (Å²) in [5, 5.41) is 0. The summed E-state index contributed by atoms with van der Waals surface area (Å²) in [6.07, 6.45) is 7.65. The first-order valence-corrected chi connectivity index (χ1v) is 11.0. The monoisotopic (exact) mass is 423 g/mol. The van der Waals surface area contributed by atoms with Gasteiger partial charge in [0.25, 0.3) is 0 Å². The summed E-state index contributed by atoms with van der Waals surface area (Å²) in [7, 11) is 3.31. The standard InChI is InChI=1S/C27H34FNO2/c1-19(2)8-6-9-20(3)12-14-29-15-13-21-17-25(30-4)26(31-5)18-24(21)27(29)22-10-7-11-23(28)16-22/h7-8,10-12,16-18,27H,6,9,13-15H2,1-5H3/t27-/m0/s1. The van der Waals surface area contributed by atoms with E-state index in [-0.39, 0.29) is 11.9 Å². The van der Waals surface area contributed by atoms with E-state index in [0.29, 0.717) is 5.75 Å². The number of rotatable bonds is 8. The number of halogens is 1. The van der Waals surface area contributed by atoms with Gasteiger partial charge in [0, 0.05) is 13.1 Å². The Bertz CT molecular complexity index is 960. The van der Waals surface area contributed by atoms with Crippen LogP contribution in [0.2, 0.25) is 0 Å². The number of methoxy groups -OCH3 is 2. The van der Waals surface area contributed by atoms with Gasteiger partial charge < -0.3 is 9.47 Å². The maximum atomic E-state index is 14.1. The van der Waals surface area contributed by atoms with E-state index in [1.54, 1.807) is 26.4 Å². The summed E-state index contributed by atoms with van der Waals surface area (Å²) < 4.78 is 25.2. The Morgan fingerprint density at radius 3 is 2.48 bits per heavy atom. The highest BCUT2D eigenvalue weighted by Crippen LogP contribution is 2.41. The minimum atomic E-state index is -0.210. The Labute approximate surface area is 186 Å². The average molecular weight is 424 g/mol. The predicted octanol–water partition coefficient (Wildman–Crippen LogP) is 6.48. The van der Waals surface area contributed by atoms with Crippen molar-refractivity contribution < 1.29 is 13.9 Å². The highest BCUT2D eigenvalue weighted by molar-refractivity contribution is 5.51. The van der Waals surface area contributed by atoms with Crippen LogP contribution in [0.25, 0.3) is 0 Å². The van der Waals surface area contributed by atoms with Crippen molar-refractivity contribution in [2.24, 2.45) is 0 Å². The van der Waals surface area contributed by atoms with E-state index >= 15 is 0 Å². The number of fused-ring (bicyclic) bond motifs is 1. The predicted molar refractivity (Wildman–Crippen MR) is 125 cm³/mol. The number of hydrogen-bond acceptors (Lipinski definition) is 3.